The Balaban J connectivity index is 2.02. The van der Waals surface area contributed by atoms with Crippen LogP contribution in [-0.4, -0.2) is 20.2 Å². The molecule has 0 saturated carbocycles. The zero-order valence-corrected chi connectivity index (χ0v) is 12.9. The molecule has 0 aliphatic rings. The molecule has 0 aliphatic carbocycles. The largest absolute Gasteiger partial charge is 0.416 e. The van der Waals surface area contributed by atoms with E-state index in [0.717, 1.165) is 12.1 Å². The summed E-state index contributed by atoms with van der Waals surface area (Å²) in [5, 5.41) is 6.56. The predicted molar refractivity (Wildman–Crippen MR) is 81.4 cm³/mol. The number of aromatic nitrogens is 4. The maximum absolute atomic E-state index is 14.2. The van der Waals surface area contributed by atoms with E-state index in [9.17, 15) is 22.4 Å². The van der Waals surface area contributed by atoms with Crippen molar-refractivity contribution in [2.75, 3.05) is 0 Å². The number of rotatable bonds is 3. The van der Waals surface area contributed by atoms with Crippen LogP contribution in [-0.2, 0) is 6.18 Å². The number of hydrogen-bond donors (Lipinski definition) is 2. The fourth-order valence-corrected chi connectivity index (χ4v) is 2.53. The van der Waals surface area contributed by atoms with Crippen LogP contribution in [0.25, 0.3) is 11.4 Å². The Bertz CT molecular complexity index is 961. The summed E-state index contributed by atoms with van der Waals surface area (Å²) in [7, 11) is 0. The van der Waals surface area contributed by atoms with Crippen molar-refractivity contribution >= 4 is 0 Å². The first kappa shape index (κ1) is 16.9. The third-order valence-corrected chi connectivity index (χ3v) is 3.82. The number of H-pyrrole nitrogens is 2. The molecular formula is C16H12F4N4O. The maximum atomic E-state index is 14.2. The molecule has 0 radical (unpaired) electrons. The summed E-state index contributed by atoms with van der Waals surface area (Å²) in [6.07, 6.45) is -1.89. The molecule has 0 bridgehead atoms. The Hall–Kier alpha value is -2.97. The molecule has 2 heterocycles. The lowest BCUT2D eigenvalue weighted by molar-refractivity contribution is -0.137. The number of halogens is 4. The van der Waals surface area contributed by atoms with Gasteiger partial charge in [0.25, 0.3) is 5.56 Å². The monoisotopic (exact) mass is 352 g/mol. The first-order valence-corrected chi connectivity index (χ1v) is 7.23. The van der Waals surface area contributed by atoms with Crippen LogP contribution in [0, 0.1) is 5.82 Å². The van der Waals surface area contributed by atoms with Crippen LogP contribution >= 0.6 is 0 Å². The van der Waals surface area contributed by atoms with Crippen LogP contribution in [0.2, 0.25) is 0 Å². The molecule has 0 unspecified atom stereocenters. The van der Waals surface area contributed by atoms with E-state index in [0.29, 0.717) is 17.3 Å². The van der Waals surface area contributed by atoms with Crippen LogP contribution in [0.3, 0.4) is 0 Å². The number of alkyl halides is 3. The Kier molecular flexibility index (Phi) is 4.15. The number of benzene rings is 1. The van der Waals surface area contributed by atoms with Gasteiger partial charge in [-0.15, -0.1) is 0 Å². The minimum atomic E-state index is -4.62. The van der Waals surface area contributed by atoms with E-state index in [1.165, 1.54) is 18.5 Å². The summed E-state index contributed by atoms with van der Waals surface area (Å²) < 4.78 is 52.2. The van der Waals surface area contributed by atoms with E-state index in [2.05, 4.69) is 20.2 Å². The summed E-state index contributed by atoms with van der Waals surface area (Å²) >= 11 is 0. The second kappa shape index (κ2) is 6.15. The Morgan fingerprint density at radius 3 is 2.60 bits per heavy atom. The number of nitrogens with zero attached hydrogens (tertiary/aromatic N) is 2. The van der Waals surface area contributed by atoms with Crippen LogP contribution in [0.4, 0.5) is 17.6 Å². The van der Waals surface area contributed by atoms with Gasteiger partial charge in [0, 0.05) is 18.2 Å². The summed E-state index contributed by atoms with van der Waals surface area (Å²) in [6, 6.07) is 3.62. The molecule has 3 rings (SSSR count). The molecule has 0 saturated heterocycles. The lowest BCUT2D eigenvalue weighted by Gasteiger charge is -2.15. The van der Waals surface area contributed by atoms with Gasteiger partial charge >= 0.3 is 6.18 Å². The second-order valence-electron chi connectivity index (χ2n) is 5.44. The lowest BCUT2D eigenvalue weighted by Crippen LogP contribution is -2.09. The van der Waals surface area contributed by atoms with Crippen molar-refractivity contribution in [1.29, 1.82) is 0 Å². The number of aromatic amines is 2. The van der Waals surface area contributed by atoms with Crippen molar-refractivity contribution < 1.29 is 17.6 Å². The van der Waals surface area contributed by atoms with Crippen LogP contribution in [0.15, 0.2) is 41.5 Å². The third-order valence-electron chi connectivity index (χ3n) is 3.82. The molecule has 25 heavy (non-hydrogen) atoms. The van der Waals surface area contributed by atoms with Gasteiger partial charge in [0.05, 0.1) is 23.0 Å². The normalized spacial score (nSPS) is 13.0. The predicted octanol–water partition coefficient (Wildman–Crippen LogP) is 3.47. The fraction of sp³-hybridized carbons (Fsp3) is 0.188. The maximum Gasteiger partial charge on any atom is 0.416 e. The van der Waals surface area contributed by atoms with E-state index < -0.39 is 23.5 Å². The van der Waals surface area contributed by atoms with Gasteiger partial charge in [0.2, 0.25) is 0 Å². The first-order valence-electron chi connectivity index (χ1n) is 7.23. The summed E-state index contributed by atoms with van der Waals surface area (Å²) in [5.41, 5.74) is -0.500. The zero-order chi connectivity index (χ0) is 18.2. The van der Waals surface area contributed by atoms with Crippen molar-refractivity contribution in [2.45, 2.75) is 19.0 Å². The van der Waals surface area contributed by atoms with Crippen LogP contribution < -0.4 is 5.56 Å². The van der Waals surface area contributed by atoms with Crippen LogP contribution in [0.5, 0.6) is 0 Å². The van der Waals surface area contributed by atoms with Gasteiger partial charge < -0.3 is 4.98 Å². The van der Waals surface area contributed by atoms with E-state index >= 15 is 0 Å². The van der Waals surface area contributed by atoms with Crippen molar-refractivity contribution in [2.24, 2.45) is 0 Å². The molecular weight excluding hydrogens is 340 g/mol. The average Bonchev–Trinajstić information content (AvgIpc) is 3.03. The van der Waals surface area contributed by atoms with Gasteiger partial charge in [-0.25, -0.2) is 9.37 Å². The molecule has 2 aromatic heterocycles. The Morgan fingerprint density at radius 1 is 1.20 bits per heavy atom. The fourth-order valence-electron chi connectivity index (χ4n) is 2.53. The van der Waals surface area contributed by atoms with Crippen LogP contribution in [0.1, 0.15) is 29.7 Å². The molecule has 1 aromatic carbocycles. The quantitative estimate of drug-likeness (QED) is 0.709. The molecule has 0 aliphatic heterocycles. The third kappa shape index (κ3) is 3.30. The van der Waals surface area contributed by atoms with E-state index in [1.807, 2.05) is 0 Å². The average molecular weight is 352 g/mol. The summed E-state index contributed by atoms with van der Waals surface area (Å²) in [4.78, 5) is 18.0. The van der Waals surface area contributed by atoms with Gasteiger partial charge in [-0.1, -0.05) is 13.0 Å². The number of hydrogen-bond acceptors (Lipinski definition) is 3. The minimum Gasteiger partial charge on any atom is -0.306 e. The SMILES string of the molecule is C[C@H](c1ccc(C(F)(F)F)cc1F)c1[nH]ncc1-c1nccc(=O)[nH]1. The molecule has 3 aromatic rings. The van der Waals surface area contributed by atoms with Crippen molar-refractivity contribution in [3.05, 3.63) is 69.7 Å². The highest BCUT2D eigenvalue weighted by molar-refractivity contribution is 5.59. The minimum absolute atomic E-state index is 0.0665. The topological polar surface area (TPSA) is 74.4 Å². The highest BCUT2D eigenvalue weighted by atomic mass is 19.4. The molecule has 0 amide bonds. The van der Waals surface area contributed by atoms with Gasteiger partial charge in [-0.05, 0) is 17.7 Å². The first-order chi connectivity index (χ1) is 11.8. The highest BCUT2D eigenvalue weighted by Gasteiger charge is 2.32. The van der Waals surface area contributed by atoms with Crippen molar-refractivity contribution in [3.8, 4) is 11.4 Å². The van der Waals surface area contributed by atoms with Gasteiger partial charge in [0.1, 0.15) is 11.6 Å². The Morgan fingerprint density at radius 2 is 1.96 bits per heavy atom. The van der Waals surface area contributed by atoms with Crippen molar-refractivity contribution in [3.63, 3.8) is 0 Å². The van der Waals surface area contributed by atoms with E-state index in [1.54, 1.807) is 6.92 Å². The standard InChI is InChI=1S/C16H12F4N4O/c1-8(10-3-2-9(6-12(10)17)16(18,19)20)14-11(7-22-24-14)15-21-5-4-13(25)23-15/h2-8H,1H3,(H,22,24)(H,21,23,25)/t8-/m1/s1. The zero-order valence-electron chi connectivity index (χ0n) is 12.9. The molecule has 5 nitrogen and oxygen atoms in total. The molecule has 0 spiro atoms. The molecule has 2 N–H and O–H groups in total. The van der Waals surface area contributed by atoms with E-state index in [-0.39, 0.29) is 16.9 Å². The summed E-state index contributed by atoms with van der Waals surface area (Å²) in [5.74, 6) is -1.38. The van der Waals surface area contributed by atoms with Gasteiger partial charge in [-0.2, -0.15) is 18.3 Å². The molecule has 9 heteroatoms. The van der Waals surface area contributed by atoms with Gasteiger partial charge in [-0.3, -0.25) is 9.89 Å². The molecule has 0 fully saturated rings. The molecule has 1 atom stereocenters. The lowest BCUT2D eigenvalue weighted by atomic mass is 9.93. The highest BCUT2D eigenvalue weighted by Crippen LogP contribution is 2.34. The second-order valence-corrected chi connectivity index (χ2v) is 5.44. The Labute approximate surface area is 138 Å². The molecule has 130 valence electrons. The smallest absolute Gasteiger partial charge is 0.306 e. The summed E-state index contributed by atoms with van der Waals surface area (Å²) in [6.45, 7) is 1.61. The van der Waals surface area contributed by atoms with Crippen molar-refractivity contribution in [1.82, 2.24) is 20.2 Å². The van der Waals surface area contributed by atoms with Gasteiger partial charge in [0.15, 0.2) is 0 Å². The van der Waals surface area contributed by atoms with E-state index in [4.69, 9.17) is 0 Å². The number of nitrogens with one attached hydrogen (secondary N) is 2.